The molecule has 1 N–H and O–H groups in total. The maximum Gasteiger partial charge on any atom is 0.264 e. The molecule has 4 bridgehead atoms. The first-order valence-corrected chi connectivity index (χ1v) is 15.3. The van der Waals surface area contributed by atoms with E-state index in [2.05, 4.69) is 17.4 Å². The molecule has 8 heteroatoms. The summed E-state index contributed by atoms with van der Waals surface area (Å²) in [5.74, 6) is 2.14. The molecule has 0 radical (unpaired) electrons. The Morgan fingerprint density at radius 2 is 1.45 bits per heavy atom. The lowest BCUT2D eigenvalue weighted by molar-refractivity contribution is -0.114. The van der Waals surface area contributed by atoms with Crippen LogP contribution in [0.4, 0.5) is 11.4 Å². The van der Waals surface area contributed by atoms with Crippen molar-refractivity contribution in [1.29, 1.82) is 0 Å². The van der Waals surface area contributed by atoms with E-state index >= 15 is 0 Å². The van der Waals surface area contributed by atoms with Crippen molar-refractivity contribution in [2.45, 2.75) is 48.8 Å². The highest BCUT2D eigenvalue weighted by molar-refractivity contribution is 7.92. The number of hydrogen-bond donors (Lipinski definition) is 1. The van der Waals surface area contributed by atoms with Crippen molar-refractivity contribution in [2.75, 3.05) is 16.2 Å². The van der Waals surface area contributed by atoms with Crippen molar-refractivity contribution >= 4 is 50.5 Å². The van der Waals surface area contributed by atoms with Crippen LogP contribution < -0.4 is 9.62 Å². The second kappa shape index (κ2) is 9.89. The molecule has 0 aromatic heterocycles. The highest BCUT2D eigenvalue weighted by atomic mass is 35.5. The zero-order chi connectivity index (χ0) is 26.5. The van der Waals surface area contributed by atoms with E-state index in [1.807, 2.05) is 12.1 Å². The van der Waals surface area contributed by atoms with Gasteiger partial charge in [0.15, 0.2) is 0 Å². The molecule has 4 fully saturated rings. The van der Waals surface area contributed by atoms with Gasteiger partial charge in [-0.1, -0.05) is 53.5 Å². The fourth-order valence-electron chi connectivity index (χ4n) is 7.38. The summed E-state index contributed by atoms with van der Waals surface area (Å²) in [6.07, 6.45) is 8.03. The molecule has 5 nitrogen and oxygen atoms in total. The second-order valence-corrected chi connectivity index (χ2v) is 13.9. The molecule has 0 unspecified atom stereocenters. The summed E-state index contributed by atoms with van der Waals surface area (Å²) in [6, 6.07) is 20.7. The Kier molecular flexibility index (Phi) is 6.69. The summed E-state index contributed by atoms with van der Waals surface area (Å²) < 4.78 is 28.1. The van der Waals surface area contributed by atoms with Gasteiger partial charge in [0.1, 0.15) is 6.54 Å². The molecule has 0 atom stereocenters. The molecule has 4 saturated carbocycles. The minimum Gasteiger partial charge on any atom is -0.325 e. The zero-order valence-corrected chi connectivity index (χ0v) is 23.3. The van der Waals surface area contributed by atoms with Crippen LogP contribution in [-0.2, 0) is 20.2 Å². The van der Waals surface area contributed by atoms with Crippen LogP contribution in [0.3, 0.4) is 0 Å². The minimum absolute atomic E-state index is 0.0822. The molecule has 1 amide bonds. The monoisotopic (exact) mass is 568 g/mol. The molecule has 3 aromatic carbocycles. The average Bonchev–Trinajstić information content (AvgIpc) is 2.89. The Bertz CT molecular complexity index is 1420. The predicted molar refractivity (Wildman–Crippen MR) is 152 cm³/mol. The highest BCUT2D eigenvalue weighted by Gasteiger charge is 2.51. The Morgan fingerprint density at radius 1 is 0.842 bits per heavy atom. The Balaban J connectivity index is 1.22. The van der Waals surface area contributed by atoms with E-state index in [1.54, 1.807) is 24.3 Å². The largest absolute Gasteiger partial charge is 0.325 e. The first-order valence-electron chi connectivity index (χ1n) is 13.2. The van der Waals surface area contributed by atoms with E-state index in [0.29, 0.717) is 10.7 Å². The van der Waals surface area contributed by atoms with E-state index in [4.69, 9.17) is 23.2 Å². The maximum atomic E-state index is 13.5. The third kappa shape index (κ3) is 4.83. The van der Waals surface area contributed by atoms with Gasteiger partial charge in [-0.3, -0.25) is 9.10 Å². The fraction of sp³-hybridized carbons (Fsp3) is 0.367. The van der Waals surface area contributed by atoms with Gasteiger partial charge in [0.25, 0.3) is 10.0 Å². The van der Waals surface area contributed by atoms with Crippen molar-refractivity contribution in [1.82, 2.24) is 0 Å². The molecule has 38 heavy (non-hydrogen) atoms. The third-order valence-electron chi connectivity index (χ3n) is 8.63. The number of nitrogens with one attached hydrogen (secondary N) is 1. The molecule has 0 heterocycles. The quantitative estimate of drug-likeness (QED) is 0.325. The maximum absolute atomic E-state index is 13.5. The second-order valence-electron chi connectivity index (χ2n) is 11.2. The summed E-state index contributed by atoms with van der Waals surface area (Å²) in [7, 11) is -4.03. The van der Waals surface area contributed by atoms with Crippen molar-refractivity contribution in [3.63, 3.8) is 0 Å². The van der Waals surface area contributed by atoms with Gasteiger partial charge in [-0.05, 0) is 110 Å². The number of rotatable bonds is 7. The SMILES string of the molecule is O=C(CN(c1ccc(Cl)c(Cl)c1)S(=O)(=O)c1ccccc1)Nc1ccc(C23CC4CC(CC(C4)C2)C3)cc1. The van der Waals surface area contributed by atoms with Gasteiger partial charge in [0.2, 0.25) is 5.91 Å². The Hall–Kier alpha value is -2.54. The number of sulfonamides is 1. The first kappa shape index (κ1) is 25.7. The molecule has 4 aliphatic carbocycles. The lowest BCUT2D eigenvalue weighted by atomic mass is 9.48. The van der Waals surface area contributed by atoms with Crippen molar-refractivity contribution in [3.8, 4) is 0 Å². The lowest BCUT2D eigenvalue weighted by Crippen LogP contribution is -2.48. The molecule has 0 aliphatic heterocycles. The van der Waals surface area contributed by atoms with Gasteiger partial charge in [-0.25, -0.2) is 8.42 Å². The van der Waals surface area contributed by atoms with Crippen LogP contribution in [0.5, 0.6) is 0 Å². The van der Waals surface area contributed by atoms with Crippen molar-refractivity contribution in [2.24, 2.45) is 17.8 Å². The minimum atomic E-state index is -4.03. The number of hydrogen-bond acceptors (Lipinski definition) is 3. The molecular formula is C30H30Cl2N2O3S. The van der Waals surface area contributed by atoms with E-state index in [1.165, 1.54) is 68.4 Å². The van der Waals surface area contributed by atoms with Crippen molar-refractivity contribution < 1.29 is 13.2 Å². The third-order valence-corrected chi connectivity index (χ3v) is 11.2. The van der Waals surface area contributed by atoms with Crippen LogP contribution in [0.1, 0.15) is 44.1 Å². The Morgan fingerprint density at radius 3 is 2.03 bits per heavy atom. The molecule has 0 spiro atoms. The summed E-state index contributed by atoms with van der Waals surface area (Å²) >= 11 is 12.3. The smallest absolute Gasteiger partial charge is 0.264 e. The number of carbonyl (C=O) groups excluding carboxylic acids is 1. The summed E-state index contributed by atoms with van der Waals surface area (Å²) in [5.41, 5.74) is 2.56. The van der Waals surface area contributed by atoms with Crippen LogP contribution in [0.25, 0.3) is 0 Å². The fourth-order valence-corrected chi connectivity index (χ4v) is 9.10. The molecule has 7 rings (SSSR count). The van der Waals surface area contributed by atoms with Gasteiger partial charge in [-0.2, -0.15) is 0 Å². The zero-order valence-electron chi connectivity index (χ0n) is 20.9. The number of carbonyl (C=O) groups is 1. The van der Waals surface area contributed by atoms with Crippen LogP contribution >= 0.6 is 23.2 Å². The molecule has 3 aromatic rings. The topological polar surface area (TPSA) is 66.5 Å². The lowest BCUT2D eigenvalue weighted by Gasteiger charge is -2.57. The normalized spacial score (nSPS) is 25.8. The van der Waals surface area contributed by atoms with E-state index in [-0.39, 0.29) is 21.0 Å². The summed E-state index contributed by atoms with van der Waals surface area (Å²) in [5, 5.41) is 3.40. The van der Waals surface area contributed by atoms with Crippen LogP contribution in [0, 0.1) is 17.8 Å². The van der Waals surface area contributed by atoms with Crippen LogP contribution in [0.15, 0.2) is 77.7 Å². The van der Waals surface area contributed by atoms with Gasteiger partial charge in [0.05, 0.1) is 20.6 Å². The van der Waals surface area contributed by atoms with E-state index < -0.39 is 22.5 Å². The average molecular weight is 570 g/mol. The molecule has 0 saturated heterocycles. The molecular weight excluding hydrogens is 539 g/mol. The number of anilines is 2. The van der Waals surface area contributed by atoms with Crippen LogP contribution in [0.2, 0.25) is 10.0 Å². The number of amides is 1. The Labute approximate surface area is 234 Å². The number of halogens is 2. The van der Waals surface area contributed by atoms with Gasteiger partial charge in [-0.15, -0.1) is 0 Å². The van der Waals surface area contributed by atoms with E-state index in [9.17, 15) is 13.2 Å². The first-order chi connectivity index (χ1) is 18.2. The van der Waals surface area contributed by atoms with Crippen molar-refractivity contribution in [3.05, 3.63) is 88.4 Å². The van der Waals surface area contributed by atoms with E-state index in [0.717, 1.165) is 22.1 Å². The van der Waals surface area contributed by atoms with Gasteiger partial charge in [0, 0.05) is 5.69 Å². The molecule has 198 valence electrons. The van der Waals surface area contributed by atoms with Gasteiger partial charge < -0.3 is 5.32 Å². The van der Waals surface area contributed by atoms with Crippen LogP contribution in [-0.4, -0.2) is 20.9 Å². The highest BCUT2D eigenvalue weighted by Crippen LogP contribution is 2.60. The standard InChI is InChI=1S/C30H30Cl2N2O3S/c31-27-11-10-25(15-28(27)32)34(38(36,37)26-4-2-1-3-5-26)19-29(35)33-24-8-6-23(7-9-24)30-16-20-12-21(17-30)14-22(13-20)18-30/h1-11,15,20-22H,12-14,16-19H2,(H,33,35). The summed E-state index contributed by atoms with van der Waals surface area (Å²) in [6.45, 7) is -0.411. The summed E-state index contributed by atoms with van der Waals surface area (Å²) in [4.78, 5) is 13.2. The number of nitrogens with zero attached hydrogens (tertiary/aromatic N) is 1. The van der Waals surface area contributed by atoms with Gasteiger partial charge >= 0.3 is 0 Å². The number of benzene rings is 3. The predicted octanol–water partition coefficient (Wildman–Crippen LogP) is 7.30. The molecule has 4 aliphatic rings.